The molecule has 1 aromatic heterocycles. The molecule has 2 amide bonds. The van der Waals surface area contributed by atoms with Crippen molar-refractivity contribution in [2.75, 3.05) is 53.6 Å². The molecule has 2 fully saturated rings. The van der Waals surface area contributed by atoms with Gasteiger partial charge in [0.05, 0.1) is 28.5 Å². The summed E-state index contributed by atoms with van der Waals surface area (Å²) in [6, 6.07) is 9.64. The highest BCUT2D eigenvalue weighted by molar-refractivity contribution is 6.02. The average molecular weight is 527 g/mol. The molecule has 1 aliphatic heterocycles. The van der Waals surface area contributed by atoms with Crippen molar-refractivity contribution >= 4 is 40.4 Å². The number of aromatic nitrogens is 1. The van der Waals surface area contributed by atoms with Gasteiger partial charge in [-0.05, 0) is 49.1 Å². The van der Waals surface area contributed by atoms with E-state index in [2.05, 4.69) is 62.5 Å². The number of allylic oxidation sites excluding steroid dienone is 1. The highest BCUT2D eigenvalue weighted by Gasteiger charge is 2.47. The van der Waals surface area contributed by atoms with Crippen molar-refractivity contribution in [3.05, 3.63) is 60.8 Å². The summed E-state index contributed by atoms with van der Waals surface area (Å²) >= 11 is 0. The van der Waals surface area contributed by atoms with Crippen LogP contribution in [0.15, 0.2) is 55.3 Å². The number of hydrogen-bond donors (Lipinski definition) is 4. The fourth-order valence-corrected chi connectivity index (χ4v) is 5.90. The lowest BCUT2D eigenvalue weighted by Gasteiger charge is -2.35. The minimum absolute atomic E-state index is 0.120. The quantitative estimate of drug-likeness (QED) is 0.289. The number of nitrogens with one attached hydrogen (secondary N) is 3. The SMILES string of the molecule is C=CC(=O)Nc1cc(N2CCN(CC)CC2)ccc1Nc1cc(N[C@H]2[C@@H](C(N)=O)[C@@H]3C=C[C@H]2C3)c(C#N)cn1. The van der Waals surface area contributed by atoms with Crippen LogP contribution in [0, 0.1) is 29.1 Å². The predicted octanol–water partition coefficient (Wildman–Crippen LogP) is 3.05. The molecule has 5 rings (SSSR count). The molecule has 2 aliphatic carbocycles. The lowest BCUT2D eigenvalue weighted by molar-refractivity contribution is -0.122. The number of hydrogen-bond acceptors (Lipinski definition) is 8. The Labute approximate surface area is 228 Å². The maximum Gasteiger partial charge on any atom is 0.247 e. The van der Waals surface area contributed by atoms with Gasteiger partial charge in [0.25, 0.3) is 0 Å². The zero-order valence-corrected chi connectivity index (χ0v) is 22.1. The Morgan fingerprint density at radius 1 is 1.15 bits per heavy atom. The number of likely N-dealkylation sites (N-methyl/N-ethyl adjacent to an activating group) is 1. The van der Waals surface area contributed by atoms with E-state index in [4.69, 9.17) is 5.73 Å². The number of amides is 2. The molecule has 0 radical (unpaired) electrons. The molecule has 0 spiro atoms. The molecule has 1 saturated heterocycles. The van der Waals surface area contributed by atoms with Gasteiger partial charge in [0.15, 0.2) is 0 Å². The van der Waals surface area contributed by atoms with E-state index in [0.29, 0.717) is 28.4 Å². The number of nitriles is 1. The summed E-state index contributed by atoms with van der Waals surface area (Å²) in [5.41, 5.74) is 8.96. The van der Waals surface area contributed by atoms with E-state index >= 15 is 0 Å². The highest BCUT2D eigenvalue weighted by Crippen LogP contribution is 2.45. The van der Waals surface area contributed by atoms with Crippen LogP contribution in [-0.4, -0.2) is 60.5 Å². The molecular weight excluding hydrogens is 492 g/mol. The molecule has 2 bridgehead atoms. The fraction of sp³-hybridized carbons (Fsp3) is 0.379. The summed E-state index contributed by atoms with van der Waals surface area (Å²) in [6.07, 6.45) is 7.78. The second-order valence-corrected chi connectivity index (χ2v) is 10.2. The van der Waals surface area contributed by atoms with Crippen LogP contribution in [0.5, 0.6) is 0 Å². The van der Waals surface area contributed by atoms with Gasteiger partial charge < -0.3 is 31.5 Å². The van der Waals surface area contributed by atoms with Crippen LogP contribution < -0.4 is 26.6 Å². The van der Waals surface area contributed by atoms with Crippen molar-refractivity contribution in [1.29, 1.82) is 5.26 Å². The number of rotatable bonds is 9. The number of fused-ring (bicyclic) bond motifs is 2. The second kappa shape index (κ2) is 11.2. The largest absolute Gasteiger partial charge is 0.380 e. The standard InChI is InChI=1S/C29H34N8O2/c1-3-26(38)34-24-14-21(37-11-9-36(4-2)10-12-37)7-8-22(24)33-25-15-23(20(16-30)17-32-25)35-28-19-6-5-18(13-19)27(28)29(31)39/h3,5-8,14-15,17-19,27-28H,1,4,9-13H2,2H3,(H2,31,39)(H,34,38)(H2,32,33,35)/t18-,19+,27+,28-/m1/s1. The summed E-state index contributed by atoms with van der Waals surface area (Å²) in [5.74, 6) is -0.199. The van der Waals surface area contributed by atoms with Gasteiger partial charge in [-0.1, -0.05) is 25.7 Å². The number of primary amides is 1. The number of carbonyl (C=O) groups is 2. The first kappa shape index (κ1) is 26.3. The van der Waals surface area contributed by atoms with Gasteiger partial charge in [-0.15, -0.1) is 0 Å². The zero-order valence-electron chi connectivity index (χ0n) is 22.1. The van der Waals surface area contributed by atoms with Crippen molar-refractivity contribution < 1.29 is 9.59 Å². The van der Waals surface area contributed by atoms with Gasteiger partial charge in [0, 0.05) is 50.2 Å². The van der Waals surface area contributed by atoms with E-state index in [1.807, 2.05) is 18.2 Å². The molecule has 202 valence electrons. The number of nitrogens with zero attached hydrogens (tertiary/aromatic N) is 4. The molecule has 2 aromatic rings. The lowest BCUT2D eigenvalue weighted by atomic mass is 9.88. The van der Waals surface area contributed by atoms with Gasteiger partial charge in [-0.25, -0.2) is 4.98 Å². The summed E-state index contributed by atoms with van der Waals surface area (Å²) in [7, 11) is 0. The molecule has 0 unspecified atom stereocenters. The van der Waals surface area contributed by atoms with Gasteiger partial charge in [-0.3, -0.25) is 9.59 Å². The zero-order chi connectivity index (χ0) is 27.5. The highest BCUT2D eigenvalue weighted by atomic mass is 16.1. The van der Waals surface area contributed by atoms with Crippen LogP contribution in [0.2, 0.25) is 0 Å². The Bertz CT molecular complexity index is 1340. The van der Waals surface area contributed by atoms with Gasteiger partial charge >= 0.3 is 0 Å². The molecule has 4 atom stereocenters. The van der Waals surface area contributed by atoms with Crippen molar-refractivity contribution in [3.63, 3.8) is 0 Å². The molecule has 10 heteroatoms. The van der Waals surface area contributed by atoms with E-state index in [0.717, 1.165) is 44.8 Å². The Hall–Kier alpha value is -4.36. The minimum Gasteiger partial charge on any atom is -0.380 e. The van der Waals surface area contributed by atoms with Crippen molar-refractivity contribution in [2.45, 2.75) is 19.4 Å². The third-order valence-corrected chi connectivity index (χ3v) is 8.03. The van der Waals surface area contributed by atoms with Gasteiger partial charge in [0.2, 0.25) is 11.8 Å². The number of carbonyl (C=O) groups excluding carboxylic acids is 2. The Morgan fingerprint density at radius 3 is 2.62 bits per heavy atom. The van der Waals surface area contributed by atoms with Gasteiger partial charge in [0.1, 0.15) is 11.9 Å². The third kappa shape index (κ3) is 5.45. The maximum atomic E-state index is 12.3. The molecule has 10 nitrogen and oxygen atoms in total. The van der Waals surface area contributed by atoms with Crippen molar-refractivity contribution in [2.24, 2.45) is 23.5 Å². The summed E-state index contributed by atoms with van der Waals surface area (Å²) < 4.78 is 0. The molecule has 3 aliphatic rings. The summed E-state index contributed by atoms with van der Waals surface area (Å²) in [6.45, 7) is 10.6. The van der Waals surface area contributed by atoms with Gasteiger partial charge in [-0.2, -0.15) is 5.26 Å². The molecule has 39 heavy (non-hydrogen) atoms. The van der Waals surface area contributed by atoms with E-state index < -0.39 is 0 Å². The van der Waals surface area contributed by atoms with Crippen LogP contribution in [0.4, 0.5) is 28.6 Å². The Kier molecular flexibility index (Phi) is 7.52. The van der Waals surface area contributed by atoms with Crippen LogP contribution in [0.3, 0.4) is 0 Å². The number of piperazine rings is 1. The lowest BCUT2D eigenvalue weighted by Crippen LogP contribution is -2.46. The third-order valence-electron chi connectivity index (χ3n) is 8.03. The Balaban J connectivity index is 1.40. The minimum atomic E-state index is -0.339. The predicted molar refractivity (Wildman–Crippen MR) is 153 cm³/mol. The first-order valence-electron chi connectivity index (χ1n) is 13.4. The van der Waals surface area contributed by atoms with Crippen molar-refractivity contribution in [1.82, 2.24) is 9.88 Å². The van der Waals surface area contributed by atoms with E-state index in [-0.39, 0.29) is 35.6 Å². The summed E-state index contributed by atoms with van der Waals surface area (Å²) in [4.78, 5) is 33.6. The molecule has 1 saturated carbocycles. The van der Waals surface area contributed by atoms with E-state index in [9.17, 15) is 14.9 Å². The number of nitrogens with two attached hydrogens (primary N) is 1. The average Bonchev–Trinajstić information content (AvgIpc) is 3.56. The van der Waals surface area contributed by atoms with Crippen LogP contribution in [-0.2, 0) is 9.59 Å². The number of benzene rings is 1. The molecular formula is C29H34N8O2. The topological polar surface area (TPSA) is 139 Å². The van der Waals surface area contributed by atoms with E-state index in [1.165, 1.54) is 12.3 Å². The second-order valence-electron chi connectivity index (χ2n) is 10.2. The van der Waals surface area contributed by atoms with Crippen molar-refractivity contribution in [3.8, 4) is 6.07 Å². The molecule has 2 heterocycles. The monoisotopic (exact) mass is 526 g/mol. The maximum absolute atomic E-state index is 12.3. The fourth-order valence-electron chi connectivity index (χ4n) is 5.90. The molecule has 1 aromatic carbocycles. The van der Waals surface area contributed by atoms with Crippen LogP contribution >= 0.6 is 0 Å². The number of pyridine rings is 1. The first-order valence-corrected chi connectivity index (χ1v) is 13.4. The Morgan fingerprint density at radius 2 is 1.92 bits per heavy atom. The molecule has 5 N–H and O–H groups in total. The van der Waals surface area contributed by atoms with Crippen LogP contribution in [0.1, 0.15) is 18.9 Å². The number of anilines is 5. The summed E-state index contributed by atoms with van der Waals surface area (Å²) in [5, 5.41) is 19.3. The smallest absolute Gasteiger partial charge is 0.247 e. The first-order chi connectivity index (χ1) is 18.9. The van der Waals surface area contributed by atoms with E-state index in [1.54, 1.807) is 6.07 Å². The van der Waals surface area contributed by atoms with Crippen LogP contribution in [0.25, 0.3) is 0 Å². The normalized spacial score (nSPS) is 23.7.